The number of imidazole rings is 1. The number of hydrogen-bond donors (Lipinski definition) is 3. The van der Waals surface area contributed by atoms with Crippen LogP contribution < -0.4 is 11.0 Å². The minimum absolute atomic E-state index is 0.176. The second-order valence-corrected chi connectivity index (χ2v) is 7.22. The van der Waals surface area contributed by atoms with Crippen molar-refractivity contribution in [2.45, 2.75) is 23.9 Å². The van der Waals surface area contributed by atoms with Crippen LogP contribution in [0.4, 0.5) is 5.69 Å². The Bertz CT molecular complexity index is 1130. The van der Waals surface area contributed by atoms with Gasteiger partial charge in [-0.2, -0.15) is 0 Å². The predicted octanol–water partition coefficient (Wildman–Crippen LogP) is 2.21. The molecule has 0 bridgehead atoms. The molecule has 3 heterocycles. The molecule has 0 aliphatic heterocycles. The Balaban J connectivity index is 1.43. The van der Waals surface area contributed by atoms with Gasteiger partial charge in [-0.05, 0) is 37.3 Å². The Morgan fingerprint density at radius 2 is 2.19 bits per heavy atom. The van der Waals surface area contributed by atoms with Gasteiger partial charge in [0, 0.05) is 5.69 Å². The van der Waals surface area contributed by atoms with E-state index in [0.29, 0.717) is 28.4 Å². The average molecular weight is 384 g/mol. The van der Waals surface area contributed by atoms with Crippen molar-refractivity contribution in [3.63, 3.8) is 0 Å². The third kappa shape index (κ3) is 3.80. The molecule has 4 aromatic rings. The number of thioether (sulfide) groups is 1. The highest BCUT2D eigenvalue weighted by atomic mass is 32.2. The Labute approximate surface area is 157 Å². The highest BCUT2D eigenvalue weighted by Gasteiger charge is 2.18. The Morgan fingerprint density at radius 1 is 1.33 bits per heavy atom. The number of aromatic amines is 2. The number of furan rings is 1. The molecule has 0 aliphatic carbocycles. The van der Waals surface area contributed by atoms with E-state index in [-0.39, 0.29) is 11.6 Å². The van der Waals surface area contributed by atoms with E-state index in [2.05, 4.69) is 25.5 Å². The molecule has 27 heavy (non-hydrogen) atoms. The molecular formula is C17H16N6O3S. The van der Waals surface area contributed by atoms with E-state index in [9.17, 15) is 9.59 Å². The van der Waals surface area contributed by atoms with Gasteiger partial charge < -0.3 is 24.3 Å². The molecule has 0 saturated carbocycles. The SMILES string of the molecule is CC(Sc1nncn1Cc1ccco1)C(=O)Nc1ccc2[nH]c(=O)[nH]c2c1. The third-order valence-electron chi connectivity index (χ3n) is 3.92. The Kier molecular flexibility index (Phi) is 4.55. The van der Waals surface area contributed by atoms with Gasteiger partial charge in [0.2, 0.25) is 5.91 Å². The maximum atomic E-state index is 12.5. The minimum Gasteiger partial charge on any atom is -0.467 e. The maximum absolute atomic E-state index is 12.5. The van der Waals surface area contributed by atoms with Gasteiger partial charge in [-0.1, -0.05) is 11.8 Å². The van der Waals surface area contributed by atoms with Crippen molar-refractivity contribution in [2.24, 2.45) is 0 Å². The lowest BCUT2D eigenvalue weighted by atomic mass is 10.2. The Morgan fingerprint density at radius 3 is 3.00 bits per heavy atom. The lowest BCUT2D eigenvalue weighted by Gasteiger charge is -2.12. The molecule has 10 heteroatoms. The molecule has 3 aromatic heterocycles. The molecule has 0 aliphatic rings. The Hall–Kier alpha value is -3.27. The fraction of sp³-hybridized carbons (Fsp3) is 0.176. The number of nitrogens with zero attached hydrogens (tertiary/aromatic N) is 3. The number of fused-ring (bicyclic) bond motifs is 1. The average Bonchev–Trinajstić information content (AvgIpc) is 3.36. The molecular weight excluding hydrogens is 368 g/mol. The van der Waals surface area contributed by atoms with Gasteiger partial charge in [0.15, 0.2) is 5.16 Å². The largest absolute Gasteiger partial charge is 0.467 e. The van der Waals surface area contributed by atoms with Crippen molar-refractivity contribution < 1.29 is 9.21 Å². The normalized spacial score (nSPS) is 12.3. The van der Waals surface area contributed by atoms with Crippen molar-refractivity contribution in [3.05, 3.63) is 59.2 Å². The molecule has 138 valence electrons. The van der Waals surface area contributed by atoms with E-state index in [1.54, 1.807) is 37.7 Å². The first-order valence-electron chi connectivity index (χ1n) is 8.18. The van der Waals surface area contributed by atoms with Crippen LogP contribution in [-0.2, 0) is 11.3 Å². The van der Waals surface area contributed by atoms with Crippen molar-refractivity contribution >= 4 is 34.4 Å². The zero-order chi connectivity index (χ0) is 18.8. The number of anilines is 1. The van der Waals surface area contributed by atoms with Gasteiger partial charge in [0.1, 0.15) is 12.1 Å². The summed E-state index contributed by atoms with van der Waals surface area (Å²) in [5.41, 5.74) is 1.64. The monoisotopic (exact) mass is 384 g/mol. The maximum Gasteiger partial charge on any atom is 0.323 e. The van der Waals surface area contributed by atoms with Crippen LogP contribution >= 0.6 is 11.8 Å². The van der Waals surface area contributed by atoms with Crippen LogP contribution in [0.1, 0.15) is 12.7 Å². The molecule has 0 saturated heterocycles. The number of amides is 1. The van der Waals surface area contributed by atoms with Gasteiger partial charge >= 0.3 is 5.69 Å². The van der Waals surface area contributed by atoms with Crippen LogP contribution in [0.5, 0.6) is 0 Å². The summed E-state index contributed by atoms with van der Waals surface area (Å²) in [7, 11) is 0. The molecule has 1 unspecified atom stereocenters. The second-order valence-electron chi connectivity index (χ2n) is 5.91. The van der Waals surface area contributed by atoms with Crippen LogP contribution in [0, 0.1) is 0 Å². The first-order chi connectivity index (χ1) is 13.1. The van der Waals surface area contributed by atoms with Crippen LogP contribution in [0.3, 0.4) is 0 Å². The molecule has 9 nitrogen and oxygen atoms in total. The fourth-order valence-electron chi connectivity index (χ4n) is 2.58. The second kappa shape index (κ2) is 7.16. The number of H-pyrrole nitrogens is 2. The third-order valence-corrected chi connectivity index (χ3v) is 5.02. The molecule has 1 aromatic carbocycles. The first-order valence-corrected chi connectivity index (χ1v) is 9.06. The minimum atomic E-state index is -0.398. The summed E-state index contributed by atoms with van der Waals surface area (Å²) in [5, 5.41) is 11.1. The molecule has 1 atom stereocenters. The van der Waals surface area contributed by atoms with Gasteiger partial charge in [0.25, 0.3) is 0 Å². The summed E-state index contributed by atoms with van der Waals surface area (Å²) in [6, 6.07) is 8.87. The number of carbonyl (C=O) groups is 1. The van der Waals surface area contributed by atoms with Gasteiger partial charge in [0.05, 0.1) is 29.1 Å². The smallest absolute Gasteiger partial charge is 0.323 e. The van der Waals surface area contributed by atoms with Gasteiger partial charge in [-0.3, -0.25) is 4.79 Å². The van der Waals surface area contributed by atoms with E-state index >= 15 is 0 Å². The summed E-state index contributed by atoms with van der Waals surface area (Å²) < 4.78 is 7.16. The fourth-order valence-corrected chi connectivity index (χ4v) is 3.40. The van der Waals surface area contributed by atoms with Crippen LogP contribution in [0.2, 0.25) is 0 Å². The van der Waals surface area contributed by atoms with E-state index in [1.807, 2.05) is 16.7 Å². The van der Waals surface area contributed by atoms with Crippen molar-refractivity contribution in [3.8, 4) is 0 Å². The van der Waals surface area contributed by atoms with Crippen LogP contribution in [-0.4, -0.2) is 35.9 Å². The molecule has 3 N–H and O–H groups in total. The molecule has 0 spiro atoms. The van der Waals surface area contributed by atoms with Gasteiger partial charge in [-0.15, -0.1) is 10.2 Å². The zero-order valence-electron chi connectivity index (χ0n) is 14.3. The predicted molar refractivity (Wildman–Crippen MR) is 101 cm³/mol. The first kappa shape index (κ1) is 17.2. The summed E-state index contributed by atoms with van der Waals surface area (Å²) in [6.45, 7) is 2.29. The van der Waals surface area contributed by atoms with Crippen molar-refractivity contribution in [1.82, 2.24) is 24.7 Å². The summed E-state index contributed by atoms with van der Waals surface area (Å²) in [5.74, 6) is 0.604. The van der Waals surface area contributed by atoms with E-state index < -0.39 is 5.25 Å². The van der Waals surface area contributed by atoms with Gasteiger partial charge in [-0.25, -0.2) is 4.79 Å². The van der Waals surface area contributed by atoms with Crippen molar-refractivity contribution in [1.29, 1.82) is 0 Å². The number of nitrogens with one attached hydrogen (secondary N) is 3. The number of rotatable bonds is 6. The summed E-state index contributed by atoms with van der Waals surface area (Å²) in [6.07, 6.45) is 3.21. The number of benzene rings is 1. The number of hydrogen-bond acceptors (Lipinski definition) is 6. The molecule has 0 radical (unpaired) electrons. The summed E-state index contributed by atoms with van der Waals surface area (Å²) >= 11 is 1.31. The highest BCUT2D eigenvalue weighted by Crippen LogP contribution is 2.23. The standard InChI is InChI=1S/C17H16N6O3S/c1-10(27-17-22-18-9-23(17)8-12-3-2-6-26-12)15(24)19-11-4-5-13-14(7-11)21-16(25)20-13/h2-7,9-10H,8H2,1H3,(H,19,24)(H2,20,21,25). The quantitative estimate of drug-likeness (QED) is 0.438. The molecule has 4 rings (SSSR count). The van der Waals surface area contributed by atoms with Crippen LogP contribution in [0.25, 0.3) is 11.0 Å². The molecule has 1 amide bonds. The van der Waals surface area contributed by atoms with Crippen molar-refractivity contribution in [2.75, 3.05) is 5.32 Å². The van der Waals surface area contributed by atoms with E-state index in [0.717, 1.165) is 5.76 Å². The lowest BCUT2D eigenvalue weighted by Crippen LogP contribution is -2.23. The topological polar surface area (TPSA) is 122 Å². The van der Waals surface area contributed by atoms with E-state index in [4.69, 9.17) is 4.42 Å². The number of carbonyl (C=O) groups excluding carboxylic acids is 1. The molecule has 0 fully saturated rings. The zero-order valence-corrected chi connectivity index (χ0v) is 15.1. The lowest BCUT2D eigenvalue weighted by molar-refractivity contribution is -0.115. The highest BCUT2D eigenvalue weighted by molar-refractivity contribution is 8.00. The summed E-state index contributed by atoms with van der Waals surface area (Å²) in [4.78, 5) is 29.2. The van der Waals surface area contributed by atoms with E-state index in [1.165, 1.54) is 11.8 Å². The van der Waals surface area contributed by atoms with Crippen LogP contribution in [0.15, 0.2) is 57.3 Å². The number of aromatic nitrogens is 5.